The molecule has 2 rings (SSSR count). The van der Waals surface area contributed by atoms with E-state index >= 15 is 0 Å². The number of aromatic hydroxyl groups is 1. The van der Waals surface area contributed by atoms with E-state index in [1.165, 1.54) is 18.2 Å². The van der Waals surface area contributed by atoms with Gasteiger partial charge in [0.2, 0.25) is 0 Å². The molecule has 12 heteroatoms. The molecule has 0 aromatic heterocycles. The number of phenolic OH excluding ortho intramolecular Hbond substituents is 1. The fourth-order valence-corrected chi connectivity index (χ4v) is 2.00. The zero-order valence-corrected chi connectivity index (χ0v) is 15.2. The summed E-state index contributed by atoms with van der Waals surface area (Å²) in [6, 6.07) is 9.00. The predicted molar refractivity (Wildman–Crippen MR) is 89.0 cm³/mol. The van der Waals surface area contributed by atoms with E-state index in [1.807, 2.05) is 0 Å². The number of hydrogen-bond acceptors (Lipinski definition) is 7. The number of halogens is 4. The first kappa shape index (κ1) is 21.0. The van der Waals surface area contributed by atoms with Crippen LogP contribution in [-0.4, -0.2) is 5.11 Å². The van der Waals surface area contributed by atoms with Crippen LogP contribution in [0, 0.1) is 0 Å². The standard InChI is InChI=1S/C6H4Cl2N2O4S.C6H4Cl2O/c7-4-1-2-5(8)6(3-4)9-10-15(12)14-13-11;7-4-1-2-5(8)6(9)3-4/h1-3,11H;1-3,9H/p-1. The second-order valence-corrected chi connectivity index (χ2v) is 6.15. The molecule has 0 amide bonds. The Balaban J connectivity index is 0.000000272. The Bertz CT molecular complexity index is 823. The molecule has 130 valence electrons. The third kappa shape index (κ3) is 7.67. The van der Waals surface area contributed by atoms with Crippen molar-refractivity contribution in [1.82, 2.24) is 4.16 Å². The minimum absolute atomic E-state index is 0.0177. The van der Waals surface area contributed by atoms with Crippen LogP contribution in [-0.2, 0) is 24.5 Å². The number of hydrogen-bond donors (Lipinski definition) is 1. The Labute approximate surface area is 158 Å². The quantitative estimate of drug-likeness (QED) is 0.258. The molecule has 0 unspecified atom stereocenters. The maximum Gasteiger partial charge on any atom is 0.294 e. The van der Waals surface area contributed by atoms with Crippen LogP contribution in [0.3, 0.4) is 0 Å². The van der Waals surface area contributed by atoms with Gasteiger partial charge in [0.05, 0.1) is 10.0 Å². The third-order valence-electron chi connectivity index (χ3n) is 2.12. The van der Waals surface area contributed by atoms with E-state index < -0.39 is 10.9 Å². The molecule has 0 saturated carbocycles. The Morgan fingerprint density at radius 1 is 1.04 bits per heavy atom. The summed E-state index contributed by atoms with van der Waals surface area (Å²) in [5, 5.41) is 26.1. The molecule has 2 aromatic rings. The molecule has 0 atom stereocenters. The summed E-state index contributed by atoms with van der Waals surface area (Å²) in [4.78, 5) is 0. The number of phenols is 1. The van der Waals surface area contributed by atoms with Crippen molar-refractivity contribution >= 4 is 63.0 Å². The highest BCUT2D eigenvalue weighted by atomic mass is 35.5. The van der Waals surface area contributed by atoms with Gasteiger partial charge in [0.15, 0.2) is 5.69 Å². The van der Waals surface area contributed by atoms with Crippen LogP contribution in [0.2, 0.25) is 20.1 Å². The monoisotopic (exact) mass is 431 g/mol. The second-order valence-electron chi connectivity index (χ2n) is 3.73. The van der Waals surface area contributed by atoms with Crippen LogP contribution in [0.4, 0.5) is 5.69 Å². The van der Waals surface area contributed by atoms with E-state index in [4.69, 9.17) is 51.5 Å². The first-order chi connectivity index (χ1) is 11.3. The van der Waals surface area contributed by atoms with Crippen molar-refractivity contribution in [2.75, 3.05) is 0 Å². The molecule has 0 saturated heterocycles. The molecule has 0 fully saturated rings. The zero-order valence-electron chi connectivity index (χ0n) is 11.4. The van der Waals surface area contributed by atoms with Crippen molar-refractivity contribution in [1.29, 1.82) is 0 Å². The molecule has 24 heavy (non-hydrogen) atoms. The van der Waals surface area contributed by atoms with Crippen LogP contribution in [0.1, 0.15) is 0 Å². The first-order valence-corrected chi connectivity index (χ1v) is 8.27. The molecule has 1 N–H and O–H groups in total. The molecule has 0 aliphatic rings. The average molecular weight is 433 g/mol. The van der Waals surface area contributed by atoms with Crippen LogP contribution in [0.15, 0.2) is 41.5 Å². The summed E-state index contributed by atoms with van der Waals surface area (Å²) in [7, 11) is -2.31. The van der Waals surface area contributed by atoms with E-state index in [0.717, 1.165) is 0 Å². The SMILES string of the molecule is O=[S-](=[N+]=Nc1cc(Cl)ccc1Cl)OO[O-].Oc1cc(Cl)ccc1Cl. The predicted octanol–water partition coefficient (Wildman–Crippen LogP) is 4.13. The van der Waals surface area contributed by atoms with Gasteiger partial charge in [-0.15, -0.1) is 0 Å². The van der Waals surface area contributed by atoms with E-state index in [1.54, 1.807) is 18.2 Å². The van der Waals surface area contributed by atoms with Crippen molar-refractivity contribution in [2.24, 2.45) is 5.11 Å². The van der Waals surface area contributed by atoms with Gasteiger partial charge in [-0.1, -0.05) is 46.4 Å². The normalized spacial score (nSPS) is 9.92. The maximum absolute atomic E-state index is 10.6. The largest absolute Gasteiger partial charge is 0.693 e. The molecule has 2 aromatic carbocycles. The minimum Gasteiger partial charge on any atom is -0.693 e. The Morgan fingerprint density at radius 3 is 2.17 bits per heavy atom. The van der Waals surface area contributed by atoms with E-state index in [0.29, 0.717) is 15.1 Å². The lowest BCUT2D eigenvalue weighted by molar-refractivity contribution is -0.777. The summed E-state index contributed by atoms with van der Waals surface area (Å²) in [5.74, 6) is 0.0177. The molecular formula is C12H7Cl4N2O5S-. The van der Waals surface area contributed by atoms with E-state index in [2.05, 4.69) is 18.6 Å². The van der Waals surface area contributed by atoms with Gasteiger partial charge in [-0.05, 0) is 34.5 Å². The van der Waals surface area contributed by atoms with Gasteiger partial charge < -0.3 is 19.6 Å². The van der Waals surface area contributed by atoms with Crippen molar-refractivity contribution in [3.63, 3.8) is 0 Å². The number of benzene rings is 2. The smallest absolute Gasteiger partial charge is 0.294 e. The molecule has 0 aliphatic heterocycles. The molecule has 0 bridgehead atoms. The molecule has 0 spiro atoms. The lowest BCUT2D eigenvalue weighted by Crippen LogP contribution is -2.04. The lowest BCUT2D eigenvalue weighted by atomic mass is 10.3. The van der Waals surface area contributed by atoms with Gasteiger partial charge in [-0.3, -0.25) is 0 Å². The topological polar surface area (TPSA) is 105 Å². The fraction of sp³-hybridized carbons (Fsp3) is 0. The molecule has 0 heterocycles. The highest BCUT2D eigenvalue weighted by Gasteiger charge is 2.02. The van der Waals surface area contributed by atoms with Crippen LogP contribution >= 0.6 is 46.4 Å². The first-order valence-electron chi connectivity index (χ1n) is 5.73. The van der Waals surface area contributed by atoms with Gasteiger partial charge in [0, 0.05) is 16.1 Å². The second kappa shape index (κ2) is 10.7. The third-order valence-corrected chi connectivity index (χ3v) is 3.61. The Morgan fingerprint density at radius 2 is 1.62 bits per heavy atom. The molecular weight excluding hydrogens is 426 g/mol. The van der Waals surface area contributed by atoms with Crippen molar-refractivity contribution < 1.29 is 23.9 Å². The highest BCUT2D eigenvalue weighted by Crippen LogP contribution is 2.27. The van der Waals surface area contributed by atoms with E-state index in [9.17, 15) is 9.47 Å². The zero-order chi connectivity index (χ0) is 18.1. The Kier molecular flexibility index (Phi) is 9.38. The number of rotatable bonds is 3. The van der Waals surface area contributed by atoms with Gasteiger partial charge >= 0.3 is 0 Å². The van der Waals surface area contributed by atoms with Gasteiger partial charge in [0.1, 0.15) is 10.9 Å². The van der Waals surface area contributed by atoms with Crippen molar-refractivity contribution in [3.05, 3.63) is 56.5 Å². The summed E-state index contributed by atoms with van der Waals surface area (Å²) in [5.41, 5.74) is 0.201. The lowest BCUT2D eigenvalue weighted by Gasteiger charge is -1.98. The average Bonchev–Trinajstić information content (AvgIpc) is 2.53. The van der Waals surface area contributed by atoms with Crippen molar-refractivity contribution in [3.8, 4) is 5.75 Å². The van der Waals surface area contributed by atoms with Gasteiger partial charge in [-0.25, -0.2) is 4.33 Å². The summed E-state index contributed by atoms with van der Waals surface area (Å²) in [6.07, 6.45) is 0. The number of nitrogens with zero attached hydrogens (tertiary/aromatic N) is 2. The van der Waals surface area contributed by atoms with Gasteiger partial charge in [-0.2, -0.15) is 0 Å². The van der Waals surface area contributed by atoms with Crippen molar-refractivity contribution in [2.45, 2.75) is 0 Å². The Hall–Kier alpha value is -1.06. The summed E-state index contributed by atoms with van der Waals surface area (Å²) in [6.45, 7) is 0. The summed E-state index contributed by atoms with van der Waals surface area (Å²) < 4.78 is 17.3. The van der Waals surface area contributed by atoms with Crippen LogP contribution < -0.4 is 9.42 Å². The van der Waals surface area contributed by atoms with E-state index in [-0.39, 0.29) is 16.5 Å². The van der Waals surface area contributed by atoms with Gasteiger partial charge in [0.25, 0.3) is 10.9 Å². The van der Waals surface area contributed by atoms with Crippen LogP contribution in [0.25, 0.3) is 0 Å². The maximum atomic E-state index is 10.6. The van der Waals surface area contributed by atoms with Crippen LogP contribution in [0.5, 0.6) is 5.75 Å². The molecule has 0 radical (unpaired) electrons. The molecule has 0 aliphatic carbocycles. The minimum atomic E-state index is -2.31. The molecule has 7 nitrogen and oxygen atoms in total. The summed E-state index contributed by atoms with van der Waals surface area (Å²) >= 11 is 22.3. The fourth-order valence-electron chi connectivity index (χ4n) is 1.16. The highest BCUT2D eigenvalue weighted by molar-refractivity contribution is 7.68.